The average Bonchev–Trinajstić information content (AvgIpc) is 3.15. The Kier molecular flexibility index (Phi) is 6.11. The molecule has 3 rings (SSSR count). The fourth-order valence-electron chi connectivity index (χ4n) is 2.25. The molecule has 0 spiro atoms. The molecule has 0 aliphatic rings. The molecule has 7 nitrogen and oxygen atoms in total. The molecule has 0 aliphatic heterocycles. The van der Waals surface area contributed by atoms with Crippen LogP contribution in [0.3, 0.4) is 0 Å². The minimum atomic E-state index is -0.515. The summed E-state index contributed by atoms with van der Waals surface area (Å²) in [6.07, 6.45) is 3.40. The summed E-state index contributed by atoms with van der Waals surface area (Å²) in [7, 11) is 1.54. The Balaban J connectivity index is 1.48. The molecule has 1 N–H and O–H groups in total. The quantitative estimate of drug-likeness (QED) is 0.631. The van der Waals surface area contributed by atoms with Crippen molar-refractivity contribution in [1.29, 1.82) is 0 Å². The zero-order valence-corrected chi connectivity index (χ0v) is 15.4. The number of benzene rings is 1. The number of aromatic nitrogens is 2. The van der Waals surface area contributed by atoms with Gasteiger partial charge in [-0.2, -0.15) is 0 Å². The summed E-state index contributed by atoms with van der Waals surface area (Å²) in [6, 6.07) is 10.6. The zero-order chi connectivity index (χ0) is 19.1. The van der Waals surface area contributed by atoms with E-state index in [1.54, 1.807) is 49.1 Å². The number of nitrogens with zero attached hydrogens (tertiary/aromatic N) is 2. The highest BCUT2D eigenvalue weighted by molar-refractivity contribution is 7.13. The lowest BCUT2D eigenvalue weighted by atomic mass is 10.3. The first kappa shape index (κ1) is 18.5. The number of hydrogen-bond acceptors (Lipinski definition) is 7. The number of esters is 1. The Hall–Kier alpha value is -3.26. The molecule has 0 aliphatic carbocycles. The SMILES string of the molecule is COc1cccc(NC(=O)COC(=O)Cc2csc(-c3cccnc3)n2)c1. The van der Waals surface area contributed by atoms with E-state index in [1.165, 1.54) is 11.3 Å². The van der Waals surface area contributed by atoms with Gasteiger partial charge in [-0.3, -0.25) is 14.6 Å². The third kappa shape index (κ3) is 5.35. The minimum absolute atomic E-state index is 0.00318. The van der Waals surface area contributed by atoms with Gasteiger partial charge in [0.05, 0.1) is 19.2 Å². The average molecular weight is 383 g/mol. The van der Waals surface area contributed by atoms with Gasteiger partial charge in [0.15, 0.2) is 6.61 Å². The highest BCUT2D eigenvalue weighted by Crippen LogP contribution is 2.23. The van der Waals surface area contributed by atoms with E-state index in [0.29, 0.717) is 17.1 Å². The molecule has 1 aromatic carbocycles. The number of hydrogen-bond donors (Lipinski definition) is 1. The van der Waals surface area contributed by atoms with Gasteiger partial charge in [-0.1, -0.05) is 6.07 Å². The van der Waals surface area contributed by atoms with Crippen LogP contribution in [0.15, 0.2) is 54.2 Å². The summed E-state index contributed by atoms with van der Waals surface area (Å²) >= 11 is 1.42. The zero-order valence-electron chi connectivity index (χ0n) is 14.5. The first-order valence-electron chi connectivity index (χ1n) is 8.08. The molecule has 0 bridgehead atoms. The molecule has 0 radical (unpaired) electrons. The number of pyridine rings is 1. The van der Waals surface area contributed by atoms with Crippen LogP contribution in [0.1, 0.15) is 5.69 Å². The van der Waals surface area contributed by atoms with Crippen LogP contribution in [0.25, 0.3) is 10.6 Å². The maximum Gasteiger partial charge on any atom is 0.312 e. The van der Waals surface area contributed by atoms with Gasteiger partial charge in [0.25, 0.3) is 5.91 Å². The molecule has 27 heavy (non-hydrogen) atoms. The van der Waals surface area contributed by atoms with Crippen molar-refractivity contribution < 1.29 is 19.1 Å². The van der Waals surface area contributed by atoms with Crippen LogP contribution >= 0.6 is 11.3 Å². The fraction of sp³-hybridized carbons (Fsp3) is 0.158. The summed E-state index contributed by atoms with van der Waals surface area (Å²) in [5.74, 6) is -0.317. The van der Waals surface area contributed by atoms with E-state index in [4.69, 9.17) is 9.47 Å². The van der Waals surface area contributed by atoms with Crippen molar-refractivity contribution in [1.82, 2.24) is 9.97 Å². The Morgan fingerprint density at radius 2 is 2.11 bits per heavy atom. The van der Waals surface area contributed by atoms with Crippen LogP contribution in [-0.2, 0) is 20.7 Å². The lowest BCUT2D eigenvalue weighted by molar-refractivity contribution is -0.146. The van der Waals surface area contributed by atoms with Gasteiger partial charge in [-0.05, 0) is 24.3 Å². The molecule has 2 heterocycles. The lowest BCUT2D eigenvalue weighted by Gasteiger charge is -2.07. The van der Waals surface area contributed by atoms with Crippen molar-refractivity contribution in [2.45, 2.75) is 6.42 Å². The summed E-state index contributed by atoms with van der Waals surface area (Å²) < 4.78 is 10.1. The molecule has 1 amide bonds. The van der Waals surface area contributed by atoms with E-state index in [1.807, 2.05) is 12.1 Å². The molecule has 0 saturated heterocycles. The first-order chi connectivity index (χ1) is 13.1. The summed E-state index contributed by atoms with van der Waals surface area (Å²) in [4.78, 5) is 32.3. The molecule has 0 unspecified atom stereocenters. The largest absolute Gasteiger partial charge is 0.497 e. The summed E-state index contributed by atoms with van der Waals surface area (Å²) in [5, 5.41) is 5.22. The number of methoxy groups -OCH3 is 1. The third-order valence-electron chi connectivity index (χ3n) is 3.50. The van der Waals surface area contributed by atoms with Gasteiger partial charge in [-0.15, -0.1) is 11.3 Å². The molecule has 138 valence electrons. The van der Waals surface area contributed by atoms with Gasteiger partial charge >= 0.3 is 5.97 Å². The lowest BCUT2D eigenvalue weighted by Crippen LogP contribution is -2.21. The normalized spacial score (nSPS) is 10.3. The third-order valence-corrected chi connectivity index (χ3v) is 4.44. The molecule has 8 heteroatoms. The molecule has 3 aromatic rings. The van der Waals surface area contributed by atoms with Gasteiger partial charge in [0.2, 0.25) is 0 Å². The second-order valence-corrected chi connectivity index (χ2v) is 6.36. The number of carbonyl (C=O) groups excluding carboxylic acids is 2. The van der Waals surface area contributed by atoms with Crippen LogP contribution in [0, 0.1) is 0 Å². The molecule has 0 atom stereocenters. The number of rotatable bonds is 7. The Labute approximate surface area is 160 Å². The van der Waals surface area contributed by atoms with Gasteiger partial charge in [0.1, 0.15) is 10.8 Å². The van der Waals surface area contributed by atoms with Crippen LogP contribution in [0.5, 0.6) is 5.75 Å². The highest BCUT2D eigenvalue weighted by Gasteiger charge is 2.12. The number of carbonyl (C=O) groups is 2. The molecule has 2 aromatic heterocycles. The first-order valence-corrected chi connectivity index (χ1v) is 8.96. The van der Waals surface area contributed by atoms with Crippen molar-refractivity contribution >= 4 is 28.9 Å². The van der Waals surface area contributed by atoms with Crippen LogP contribution in [0.2, 0.25) is 0 Å². The monoisotopic (exact) mass is 383 g/mol. The number of ether oxygens (including phenoxy) is 2. The van der Waals surface area contributed by atoms with Gasteiger partial charge in [-0.25, -0.2) is 4.98 Å². The van der Waals surface area contributed by atoms with Crippen molar-refractivity contribution in [3.8, 4) is 16.3 Å². The van der Waals surface area contributed by atoms with Crippen molar-refractivity contribution in [3.05, 3.63) is 59.9 Å². The second kappa shape index (κ2) is 8.91. The predicted octanol–water partition coefficient (Wildman–Crippen LogP) is 2.94. The van der Waals surface area contributed by atoms with Gasteiger partial charge in [0, 0.05) is 35.1 Å². The molecular formula is C19H17N3O4S. The maximum absolute atomic E-state index is 11.9. The van der Waals surface area contributed by atoms with E-state index in [0.717, 1.165) is 10.6 Å². The fourth-order valence-corrected chi connectivity index (χ4v) is 3.06. The van der Waals surface area contributed by atoms with E-state index in [-0.39, 0.29) is 13.0 Å². The smallest absolute Gasteiger partial charge is 0.312 e. The summed E-state index contributed by atoms with van der Waals surface area (Å²) in [5.41, 5.74) is 2.05. The molecule has 0 fully saturated rings. The predicted molar refractivity (Wildman–Crippen MR) is 102 cm³/mol. The topological polar surface area (TPSA) is 90.4 Å². The van der Waals surface area contributed by atoms with E-state index < -0.39 is 11.9 Å². The highest BCUT2D eigenvalue weighted by atomic mass is 32.1. The minimum Gasteiger partial charge on any atom is -0.497 e. The second-order valence-electron chi connectivity index (χ2n) is 5.50. The van der Waals surface area contributed by atoms with Crippen LogP contribution in [0.4, 0.5) is 5.69 Å². The Morgan fingerprint density at radius 3 is 2.89 bits per heavy atom. The van der Waals surface area contributed by atoms with Crippen molar-refractivity contribution in [3.63, 3.8) is 0 Å². The summed E-state index contributed by atoms with van der Waals surface area (Å²) in [6.45, 7) is -0.365. The Bertz CT molecular complexity index is 927. The number of nitrogens with one attached hydrogen (secondary N) is 1. The number of amides is 1. The van der Waals surface area contributed by atoms with Crippen molar-refractivity contribution in [2.24, 2.45) is 0 Å². The maximum atomic E-state index is 11.9. The van der Waals surface area contributed by atoms with Gasteiger partial charge < -0.3 is 14.8 Å². The molecular weight excluding hydrogens is 366 g/mol. The van der Waals surface area contributed by atoms with E-state index in [9.17, 15) is 9.59 Å². The number of anilines is 1. The number of thiazole rings is 1. The van der Waals surface area contributed by atoms with E-state index >= 15 is 0 Å². The standard InChI is InChI=1S/C19H17N3O4S/c1-25-16-6-2-5-14(8-16)21-17(23)11-26-18(24)9-15-12-27-19(22-15)13-4-3-7-20-10-13/h2-8,10,12H,9,11H2,1H3,(H,21,23). The van der Waals surface area contributed by atoms with E-state index in [2.05, 4.69) is 15.3 Å². The molecule has 0 saturated carbocycles. The van der Waals surface area contributed by atoms with Crippen molar-refractivity contribution in [2.75, 3.05) is 19.0 Å². The van der Waals surface area contributed by atoms with Crippen LogP contribution < -0.4 is 10.1 Å². The van der Waals surface area contributed by atoms with Crippen LogP contribution in [-0.4, -0.2) is 35.6 Å². The Morgan fingerprint density at radius 1 is 1.22 bits per heavy atom.